The van der Waals surface area contributed by atoms with Gasteiger partial charge in [0.15, 0.2) is 4.75 Å². The highest BCUT2D eigenvalue weighted by Gasteiger charge is 2.49. The van der Waals surface area contributed by atoms with Gasteiger partial charge in [0.25, 0.3) is 10.1 Å². The first-order valence-corrected chi connectivity index (χ1v) is 10.8. The quantitative estimate of drug-likeness (QED) is 0.311. The van der Waals surface area contributed by atoms with Crippen molar-refractivity contribution >= 4 is 56.5 Å². The van der Waals surface area contributed by atoms with Gasteiger partial charge in [0.2, 0.25) is 0 Å². The molecule has 0 bridgehead atoms. The van der Waals surface area contributed by atoms with Gasteiger partial charge in [-0.25, -0.2) is 0 Å². The van der Waals surface area contributed by atoms with Crippen molar-refractivity contribution in [2.75, 3.05) is 0 Å². The zero-order chi connectivity index (χ0) is 21.6. The fourth-order valence-electron chi connectivity index (χ4n) is 3.21. The summed E-state index contributed by atoms with van der Waals surface area (Å²) in [6.07, 6.45) is 0. The molecule has 29 heavy (non-hydrogen) atoms. The monoisotopic (exact) mass is 492 g/mol. The first kappa shape index (κ1) is 22.0. The van der Waals surface area contributed by atoms with Crippen LogP contribution in [0.25, 0.3) is 0 Å². The molecule has 3 N–H and O–H groups in total. The molecule has 0 aliphatic heterocycles. The maximum atomic E-state index is 12.9. The molecule has 1 atom stereocenters. The number of halogens is 4. The van der Waals surface area contributed by atoms with Crippen LogP contribution in [0.5, 0.6) is 11.5 Å². The lowest BCUT2D eigenvalue weighted by molar-refractivity contribution is 0.455. The van der Waals surface area contributed by atoms with E-state index < -0.39 is 20.6 Å². The highest BCUT2D eigenvalue weighted by molar-refractivity contribution is 7.87. The molecule has 0 saturated heterocycles. The van der Waals surface area contributed by atoms with E-state index in [1.165, 1.54) is 42.5 Å². The molecule has 0 aliphatic carbocycles. The molecular formula is C19H12Cl4O5S. The van der Waals surface area contributed by atoms with Crippen LogP contribution in [0, 0.1) is 0 Å². The molecule has 3 aromatic rings. The Kier molecular flexibility index (Phi) is 5.98. The first-order valence-electron chi connectivity index (χ1n) is 7.88. The van der Waals surface area contributed by atoms with Gasteiger partial charge < -0.3 is 10.2 Å². The SMILES string of the molecule is O=S(=O)(O)C(c1cccc(O)c1)(c1cc(Cl)cc(Cl)c1)c1cc(O)c(Cl)c(Cl)c1. The summed E-state index contributed by atoms with van der Waals surface area (Å²) in [5, 5.41) is 20.0. The smallest absolute Gasteiger partial charge is 0.283 e. The second-order valence-electron chi connectivity index (χ2n) is 6.16. The van der Waals surface area contributed by atoms with E-state index in [4.69, 9.17) is 46.4 Å². The Morgan fingerprint density at radius 2 is 1.34 bits per heavy atom. The molecule has 1 unspecified atom stereocenters. The van der Waals surface area contributed by atoms with Gasteiger partial charge >= 0.3 is 0 Å². The lowest BCUT2D eigenvalue weighted by Gasteiger charge is -2.33. The van der Waals surface area contributed by atoms with Crippen LogP contribution in [-0.4, -0.2) is 23.2 Å². The van der Waals surface area contributed by atoms with Gasteiger partial charge in [0, 0.05) is 10.0 Å². The van der Waals surface area contributed by atoms with Crippen LogP contribution in [0.4, 0.5) is 0 Å². The fourth-order valence-corrected chi connectivity index (χ4v) is 5.31. The second kappa shape index (κ2) is 7.87. The summed E-state index contributed by atoms with van der Waals surface area (Å²) in [5.74, 6) is -0.761. The van der Waals surface area contributed by atoms with E-state index in [-0.39, 0.29) is 42.5 Å². The molecule has 5 nitrogen and oxygen atoms in total. The van der Waals surface area contributed by atoms with Gasteiger partial charge in [-0.3, -0.25) is 4.55 Å². The zero-order valence-electron chi connectivity index (χ0n) is 14.3. The van der Waals surface area contributed by atoms with Crippen molar-refractivity contribution in [3.8, 4) is 11.5 Å². The minimum absolute atomic E-state index is 0.0408. The van der Waals surface area contributed by atoms with E-state index in [2.05, 4.69) is 0 Å². The first-order chi connectivity index (χ1) is 13.5. The number of rotatable bonds is 4. The maximum absolute atomic E-state index is 12.9. The predicted octanol–water partition coefficient (Wildman–Crippen LogP) is 5.89. The van der Waals surface area contributed by atoms with Crippen LogP contribution in [0.2, 0.25) is 20.1 Å². The number of phenols is 2. The van der Waals surface area contributed by atoms with Crippen LogP contribution in [0.1, 0.15) is 16.7 Å². The molecule has 152 valence electrons. The largest absolute Gasteiger partial charge is 0.508 e. The molecule has 3 rings (SSSR count). The van der Waals surface area contributed by atoms with Crippen molar-refractivity contribution in [2.24, 2.45) is 0 Å². The molecule has 0 aliphatic rings. The second-order valence-corrected chi connectivity index (χ2v) is 9.38. The number of phenolic OH excluding ortho intramolecular Hbond substituents is 2. The summed E-state index contributed by atoms with van der Waals surface area (Å²) in [6.45, 7) is 0. The number of hydrogen-bond acceptors (Lipinski definition) is 4. The molecule has 0 amide bonds. The van der Waals surface area contributed by atoms with E-state index in [9.17, 15) is 23.2 Å². The van der Waals surface area contributed by atoms with Crippen molar-refractivity contribution in [2.45, 2.75) is 4.75 Å². The third-order valence-corrected chi connectivity index (χ3v) is 7.03. The van der Waals surface area contributed by atoms with Crippen LogP contribution < -0.4 is 0 Å². The van der Waals surface area contributed by atoms with Gasteiger partial charge in [-0.15, -0.1) is 0 Å². The van der Waals surface area contributed by atoms with Crippen LogP contribution >= 0.6 is 46.4 Å². The summed E-state index contributed by atoms with van der Waals surface area (Å²) in [6, 6.07) is 11.5. The van der Waals surface area contributed by atoms with Gasteiger partial charge in [-0.05, 0) is 59.2 Å². The Labute approximate surface area is 186 Å². The molecular weight excluding hydrogens is 482 g/mol. The third-order valence-electron chi connectivity index (χ3n) is 4.32. The highest BCUT2D eigenvalue weighted by atomic mass is 35.5. The van der Waals surface area contributed by atoms with Crippen LogP contribution in [0.15, 0.2) is 54.6 Å². The van der Waals surface area contributed by atoms with Crippen LogP contribution in [-0.2, 0) is 14.9 Å². The van der Waals surface area contributed by atoms with Gasteiger partial charge in [-0.1, -0.05) is 58.5 Å². The summed E-state index contributed by atoms with van der Waals surface area (Å²) < 4.78 is 34.0. The van der Waals surface area contributed by atoms with Gasteiger partial charge in [0.1, 0.15) is 16.5 Å². The Morgan fingerprint density at radius 1 is 0.759 bits per heavy atom. The minimum atomic E-state index is -5.02. The zero-order valence-corrected chi connectivity index (χ0v) is 18.1. The summed E-state index contributed by atoms with van der Waals surface area (Å²) in [5.41, 5.74) is -0.229. The molecule has 10 heteroatoms. The average molecular weight is 494 g/mol. The minimum Gasteiger partial charge on any atom is -0.508 e. The molecule has 0 fully saturated rings. The standard InChI is InChI=1S/C19H12Cl4O5S/c20-13-4-11(5-14(21)9-13)19(29(26,27)28,10-2-1-3-15(24)6-10)12-7-16(22)18(23)17(25)8-12/h1-9,24-25H,(H,26,27,28). The number of hydrogen-bond donors (Lipinski definition) is 3. The Morgan fingerprint density at radius 3 is 1.86 bits per heavy atom. The topological polar surface area (TPSA) is 94.8 Å². The normalized spacial score (nSPS) is 13.8. The van der Waals surface area contributed by atoms with Crippen molar-refractivity contribution in [1.82, 2.24) is 0 Å². The molecule has 0 radical (unpaired) electrons. The van der Waals surface area contributed by atoms with E-state index in [1.807, 2.05) is 0 Å². The Hall–Kier alpha value is -1.67. The highest BCUT2D eigenvalue weighted by Crippen LogP contribution is 2.48. The fraction of sp³-hybridized carbons (Fsp3) is 0.0526. The molecule has 0 spiro atoms. The average Bonchev–Trinajstić information content (AvgIpc) is 2.58. The summed E-state index contributed by atoms with van der Waals surface area (Å²) >= 11 is 24.2. The van der Waals surface area contributed by atoms with E-state index >= 15 is 0 Å². The van der Waals surface area contributed by atoms with Crippen LogP contribution in [0.3, 0.4) is 0 Å². The van der Waals surface area contributed by atoms with Gasteiger partial charge in [0.05, 0.1) is 5.02 Å². The maximum Gasteiger partial charge on any atom is 0.283 e. The van der Waals surface area contributed by atoms with E-state index in [1.54, 1.807) is 0 Å². The lowest BCUT2D eigenvalue weighted by Crippen LogP contribution is -2.38. The van der Waals surface area contributed by atoms with Gasteiger partial charge in [-0.2, -0.15) is 8.42 Å². The van der Waals surface area contributed by atoms with Crippen molar-refractivity contribution in [3.05, 3.63) is 91.4 Å². The Balaban J connectivity index is 2.58. The Bertz CT molecular complexity index is 1170. The number of aromatic hydroxyl groups is 2. The number of benzene rings is 3. The molecule has 0 aromatic heterocycles. The predicted molar refractivity (Wildman–Crippen MR) is 114 cm³/mol. The molecule has 3 aromatic carbocycles. The van der Waals surface area contributed by atoms with E-state index in [0.29, 0.717) is 0 Å². The molecule has 0 heterocycles. The van der Waals surface area contributed by atoms with Crippen molar-refractivity contribution in [1.29, 1.82) is 0 Å². The third kappa shape index (κ3) is 3.89. The molecule has 0 saturated carbocycles. The van der Waals surface area contributed by atoms with Crippen molar-refractivity contribution < 1.29 is 23.2 Å². The lowest BCUT2D eigenvalue weighted by atomic mass is 9.83. The van der Waals surface area contributed by atoms with E-state index in [0.717, 1.165) is 12.1 Å². The van der Waals surface area contributed by atoms with Crippen molar-refractivity contribution in [3.63, 3.8) is 0 Å². The summed E-state index contributed by atoms with van der Waals surface area (Å²) in [7, 11) is -5.02. The summed E-state index contributed by atoms with van der Waals surface area (Å²) in [4.78, 5) is 0.